The molecule has 0 unspecified atom stereocenters. The summed E-state index contributed by atoms with van der Waals surface area (Å²) in [5, 5.41) is 9.81. The molecule has 19 heavy (non-hydrogen) atoms. The average molecular weight is 394 g/mol. The second-order valence-corrected chi connectivity index (χ2v) is 6.60. The summed E-state index contributed by atoms with van der Waals surface area (Å²) in [4.78, 5) is 10.5. The Morgan fingerprint density at radius 2 is 1.84 bits per heavy atom. The van der Waals surface area contributed by atoms with Crippen LogP contribution in [0.2, 0.25) is 0 Å². The molecule has 2 rings (SSSR count). The first-order chi connectivity index (χ1) is 8.86. The second-order valence-electron chi connectivity index (χ2n) is 3.64. The van der Waals surface area contributed by atoms with E-state index in [4.69, 9.17) is 0 Å². The molecule has 0 aliphatic rings. The Labute approximate surface area is 118 Å². The molecule has 0 aromatic heterocycles. The number of carboxylic acid groups (broad SMARTS) is 1. The van der Waals surface area contributed by atoms with Crippen molar-refractivity contribution in [3.05, 3.63) is 39.5 Å². The zero-order valence-corrected chi connectivity index (χ0v) is 12.2. The van der Waals surface area contributed by atoms with E-state index in [0.29, 0.717) is 5.39 Å². The largest absolute Gasteiger partial charge is 0.478 e. The van der Waals surface area contributed by atoms with Crippen LogP contribution in [0, 0.1) is 3.57 Å². The van der Waals surface area contributed by atoms with Gasteiger partial charge in [-0.2, -0.15) is 8.42 Å². The summed E-state index contributed by atoms with van der Waals surface area (Å²) in [6.07, 6.45) is 0. The van der Waals surface area contributed by atoms with Crippen molar-refractivity contribution in [1.29, 1.82) is 0 Å². The van der Waals surface area contributed by atoms with Crippen LogP contribution >= 0.6 is 21.2 Å². The molecular weight excluding hydrogens is 387 g/mol. The van der Waals surface area contributed by atoms with Gasteiger partial charge in [-0.05, 0) is 16.8 Å². The molecule has 0 aliphatic carbocycles. The predicted molar refractivity (Wildman–Crippen MR) is 74.1 cm³/mol. The summed E-state index contributed by atoms with van der Waals surface area (Å²) in [5.41, 5.74) is -0.550. The van der Waals surface area contributed by atoms with Crippen LogP contribution in [0.5, 0.6) is 0 Å². The maximum absolute atomic E-state index is 11.4. The number of aromatic carboxylic acids is 1. The maximum Gasteiger partial charge on any atom is 0.337 e. The highest BCUT2D eigenvalue weighted by Gasteiger charge is 2.27. The van der Waals surface area contributed by atoms with Crippen molar-refractivity contribution in [2.24, 2.45) is 0 Å². The van der Waals surface area contributed by atoms with Gasteiger partial charge in [0.2, 0.25) is 0 Å². The molecule has 0 aliphatic heterocycles. The number of halogens is 1. The van der Waals surface area contributed by atoms with Crippen molar-refractivity contribution < 1.29 is 25.9 Å². The van der Waals surface area contributed by atoms with Gasteiger partial charge in [-0.1, -0.05) is 24.3 Å². The van der Waals surface area contributed by atoms with Gasteiger partial charge in [0.1, 0.15) is 4.90 Å². The van der Waals surface area contributed by atoms with Crippen molar-refractivity contribution in [1.82, 2.24) is 0 Å². The van der Waals surface area contributed by atoms with E-state index in [-0.39, 0.29) is 8.96 Å². The normalized spacial score (nSPS) is 11.6. The van der Waals surface area contributed by atoms with E-state index in [9.17, 15) is 25.9 Å². The van der Waals surface area contributed by atoms with E-state index < -0.39 is 47.7 Å². The lowest BCUT2D eigenvalue weighted by Gasteiger charge is -2.09. The molecule has 0 amide bonds. The van der Waals surface area contributed by atoms with Crippen molar-refractivity contribution in [2.45, 2.75) is 4.90 Å². The SMILES string of the molecule is O=Ic1cc2ccccc2c(C(=O)O)c1S(=O)(=O)O. The highest BCUT2D eigenvalue weighted by atomic mass is 127. The molecule has 0 heterocycles. The quantitative estimate of drug-likeness (QED) is 0.611. The Morgan fingerprint density at radius 3 is 2.37 bits per heavy atom. The molecule has 2 N–H and O–H groups in total. The Balaban J connectivity index is 3.12. The molecule has 0 fully saturated rings. The molecule has 2 aromatic rings. The molecule has 0 bridgehead atoms. The van der Waals surface area contributed by atoms with E-state index in [1.54, 1.807) is 18.2 Å². The fraction of sp³-hybridized carbons (Fsp3) is 0. The minimum Gasteiger partial charge on any atom is -0.478 e. The van der Waals surface area contributed by atoms with E-state index in [2.05, 4.69) is 0 Å². The first kappa shape index (κ1) is 14.0. The summed E-state index contributed by atoms with van der Waals surface area (Å²) >= 11 is -1.95. The summed E-state index contributed by atoms with van der Waals surface area (Å²) in [6, 6.07) is 7.53. The van der Waals surface area contributed by atoms with Crippen molar-refractivity contribution in [3.63, 3.8) is 0 Å². The lowest BCUT2D eigenvalue weighted by Crippen LogP contribution is -2.11. The highest BCUT2D eigenvalue weighted by Crippen LogP contribution is 2.32. The number of hydrogen-bond donors (Lipinski definition) is 2. The zero-order chi connectivity index (χ0) is 14.2. The molecular formula is C11H7IO6S. The predicted octanol–water partition coefficient (Wildman–Crippen LogP) is 2.27. The van der Waals surface area contributed by atoms with Crippen LogP contribution in [0.3, 0.4) is 0 Å². The lowest BCUT2D eigenvalue weighted by molar-refractivity contribution is 0.0694. The number of benzene rings is 2. The molecule has 0 saturated heterocycles. The third kappa shape index (κ3) is 2.51. The molecule has 100 valence electrons. The van der Waals surface area contributed by atoms with Crippen LogP contribution in [0.15, 0.2) is 35.2 Å². The van der Waals surface area contributed by atoms with Gasteiger partial charge in [-0.3, -0.25) is 7.62 Å². The van der Waals surface area contributed by atoms with Crippen LogP contribution in [0.4, 0.5) is 0 Å². The van der Waals surface area contributed by atoms with Gasteiger partial charge >= 0.3 is 5.97 Å². The standard InChI is InChI=1S/C11H7IO6S/c13-11(14)9-7-4-2-1-3-6(7)5-8(12-15)10(9)19(16,17)18/h1-5H,(H,13,14)(H,16,17,18). The van der Waals surface area contributed by atoms with Crippen LogP contribution < -0.4 is 0 Å². The van der Waals surface area contributed by atoms with E-state index in [1.165, 1.54) is 12.1 Å². The van der Waals surface area contributed by atoms with Crippen LogP contribution in [0.25, 0.3) is 10.8 Å². The lowest BCUT2D eigenvalue weighted by atomic mass is 10.0. The van der Waals surface area contributed by atoms with Gasteiger partial charge in [0, 0.05) is 0 Å². The summed E-state index contributed by atoms with van der Waals surface area (Å²) in [6.45, 7) is 0. The topological polar surface area (TPSA) is 109 Å². The number of fused-ring (bicyclic) bond motifs is 1. The summed E-state index contributed by atoms with van der Waals surface area (Å²) in [7, 11) is -4.77. The fourth-order valence-electron chi connectivity index (χ4n) is 1.82. The minimum absolute atomic E-state index is 0.155. The number of carboxylic acids is 1. The van der Waals surface area contributed by atoms with E-state index >= 15 is 0 Å². The van der Waals surface area contributed by atoms with Gasteiger partial charge < -0.3 is 5.11 Å². The molecule has 6 nitrogen and oxygen atoms in total. The molecule has 0 saturated carbocycles. The fourth-order valence-corrected chi connectivity index (χ4v) is 4.56. The van der Waals surface area contributed by atoms with E-state index in [1.807, 2.05) is 0 Å². The Bertz CT molecular complexity index is 796. The molecule has 0 radical (unpaired) electrons. The van der Waals surface area contributed by atoms with Gasteiger partial charge in [0.15, 0.2) is 21.2 Å². The van der Waals surface area contributed by atoms with E-state index in [0.717, 1.165) is 0 Å². The van der Waals surface area contributed by atoms with Crippen molar-refractivity contribution in [2.75, 3.05) is 0 Å². The molecule has 2 aromatic carbocycles. The van der Waals surface area contributed by atoms with Gasteiger partial charge in [0.25, 0.3) is 10.1 Å². The van der Waals surface area contributed by atoms with Crippen LogP contribution in [-0.4, -0.2) is 24.0 Å². The van der Waals surface area contributed by atoms with Crippen molar-refractivity contribution >= 4 is 48.1 Å². The number of hydrogen-bond acceptors (Lipinski definition) is 4. The van der Waals surface area contributed by atoms with Crippen LogP contribution in [-0.2, 0) is 13.2 Å². The Kier molecular flexibility index (Phi) is 3.65. The molecule has 0 spiro atoms. The number of rotatable bonds is 3. The summed E-state index contributed by atoms with van der Waals surface area (Å²) < 4.78 is 42.9. The second kappa shape index (κ2) is 4.94. The van der Waals surface area contributed by atoms with Gasteiger partial charge in [-0.15, -0.1) is 0 Å². The zero-order valence-electron chi connectivity index (χ0n) is 9.20. The van der Waals surface area contributed by atoms with Crippen molar-refractivity contribution in [3.8, 4) is 0 Å². The van der Waals surface area contributed by atoms with Crippen LogP contribution in [0.1, 0.15) is 10.4 Å². The highest BCUT2D eigenvalue weighted by molar-refractivity contribution is 14.1. The average Bonchev–Trinajstić information content (AvgIpc) is 2.34. The smallest absolute Gasteiger partial charge is 0.337 e. The first-order valence-electron chi connectivity index (χ1n) is 4.90. The van der Waals surface area contributed by atoms with Gasteiger partial charge in [0.05, 0.1) is 9.13 Å². The molecule has 0 atom stereocenters. The third-order valence-corrected chi connectivity index (χ3v) is 5.14. The molecule has 8 heteroatoms. The monoisotopic (exact) mass is 394 g/mol. The minimum atomic E-state index is -4.77. The maximum atomic E-state index is 11.4. The number of carbonyl (C=O) groups is 1. The third-order valence-electron chi connectivity index (χ3n) is 2.51. The first-order valence-corrected chi connectivity index (χ1v) is 8.30. The Hall–Kier alpha value is -1.39. The summed E-state index contributed by atoms with van der Waals surface area (Å²) in [5.74, 6) is -1.50. The van der Waals surface area contributed by atoms with Gasteiger partial charge in [-0.25, -0.2) is 4.79 Å². The Morgan fingerprint density at radius 1 is 1.21 bits per heavy atom.